The number of hydrogen-bond acceptors (Lipinski definition) is 5. The van der Waals surface area contributed by atoms with E-state index >= 15 is 0 Å². The molecule has 0 aliphatic carbocycles. The molecular weight excluding hydrogens is 404 g/mol. The van der Waals surface area contributed by atoms with Gasteiger partial charge in [0.1, 0.15) is 5.75 Å². The highest BCUT2D eigenvalue weighted by Gasteiger charge is 2.30. The van der Waals surface area contributed by atoms with Crippen molar-refractivity contribution >= 4 is 5.97 Å². The highest BCUT2D eigenvalue weighted by atomic mass is 16.6. The van der Waals surface area contributed by atoms with Gasteiger partial charge in [-0.15, -0.1) is 0 Å². The Labute approximate surface area is 189 Å². The monoisotopic (exact) mass is 434 g/mol. The van der Waals surface area contributed by atoms with E-state index in [0.29, 0.717) is 0 Å². The SMILES string of the molecule is COC(=O)C(OC(C)(C)C)c1ccc(-c2cnn(C)c2)cc1-c1ccc2c(c1)CCCO2. The van der Waals surface area contributed by atoms with E-state index in [2.05, 4.69) is 17.2 Å². The van der Waals surface area contributed by atoms with Crippen LogP contribution in [0.3, 0.4) is 0 Å². The lowest BCUT2D eigenvalue weighted by molar-refractivity contribution is -0.164. The summed E-state index contributed by atoms with van der Waals surface area (Å²) >= 11 is 0. The maximum absolute atomic E-state index is 12.8. The molecule has 0 saturated carbocycles. The first-order valence-corrected chi connectivity index (χ1v) is 10.9. The van der Waals surface area contributed by atoms with Gasteiger partial charge in [-0.3, -0.25) is 4.68 Å². The molecule has 32 heavy (non-hydrogen) atoms. The van der Waals surface area contributed by atoms with Gasteiger partial charge in [0, 0.05) is 18.8 Å². The van der Waals surface area contributed by atoms with Gasteiger partial charge in [0.2, 0.25) is 0 Å². The molecule has 0 radical (unpaired) electrons. The molecule has 0 bridgehead atoms. The second-order valence-electron chi connectivity index (χ2n) is 9.11. The average molecular weight is 435 g/mol. The normalized spacial score (nSPS) is 14.4. The van der Waals surface area contributed by atoms with Crippen LogP contribution in [0.2, 0.25) is 0 Å². The Kier molecular flexibility index (Phi) is 6.07. The first-order chi connectivity index (χ1) is 15.2. The zero-order chi connectivity index (χ0) is 22.9. The predicted octanol–water partition coefficient (Wildman–Crippen LogP) is 5.11. The molecule has 6 heteroatoms. The van der Waals surface area contributed by atoms with Gasteiger partial charge in [-0.1, -0.05) is 18.2 Å². The van der Waals surface area contributed by atoms with Crippen LogP contribution >= 0.6 is 0 Å². The van der Waals surface area contributed by atoms with Crippen LogP contribution in [0.5, 0.6) is 5.75 Å². The summed E-state index contributed by atoms with van der Waals surface area (Å²) in [5.41, 5.74) is 5.40. The number of hydrogen-bond donors (Lipinski definition) is 0. The van der Waals surface area contributed by atoms with Crippen LogP contribution in [0.4, 0.5) is 0 Å². The molecule has 0 spiro atoms. The number of aryl methyl sites for hydroxylation is 2. The Morgan fingerprint density at radius 2 is 1.91 bits per heavy atom. The highest BCUT2D eigenvalue weighted by Crippen LogP contribution is 2.38. The Bertz CT molecular complexity index is 1130. The van der Waals surface area contributed by atoms with Gasteiger partial charge in [0.15, 0.2) is 6.10 Å². The number of carbonyl (C=O) groups is 1. The van der Waals surface area contributed by atoms with Gasteiger partial charge < -0.3 is 14.2 Å². The molecular formula is C26H30N2O4. The Balaban J connectivity index is 1.88. The molecule has 4 rings (SSSR count). The maximum atomic E-state index is 12.8. The van der Waals surface area contributed by atoms with E-state index < -0.39 is 17.7 Å². The minimum Gasteiger partial charge on any atom is -0.493 e. The topological polar surface area (TPSA) is 62.6 Å². The standard InChI is InChI=1S/C26H30N2O4/c1-26(2,3)32-24(25(29)30-5)21-10-8-17(20-15-27-28(4)16-20)14-22(21)18-9-11-23-19(13-18)7-6-12-31-23/h8-11,13-16,24H,6-7,12H2,1-5H3. The predicted molar refractivity (Wildman–Crippen MR) is 123 cm³/mol. The van der Waals surface area contributed by atoms with Gasteiger partial charge in [0.05, 0.1) is 25.5 Å². The lowest BCUT2D eigenvalue weighted by Crippen LogP contribution is -2.28. The molecule has 168 valence electrons. The van der Waals surface area contributed by atoms with E-state index in [1.807, 2.05) is 64.5 Å². The third-order valence-electron chi connectivity index (χ3n) is 5.48. The van der Waals surface area contributed by atoms with Gasteiger partial charge >= 0.3 is 5.97 Å². The van der Waals surface area contributed by atoms with E-state index in [1.54, 1.807) is 4.68 Å². The minimum absolute atomic E-state index is 0.420. The number of carbonyl (C=O) groups excluding carboxylic acids is 1. The Hall–Kier alpha value is -3.12. The van der Waals surface area contributed by atoms with Crippen molar-refractivity contribution < 1.29 is 19.0 Å². The molecule has 2 heterocycles. The Morgan fingerprint density at radius 3 is 2.59 bits per heavy atom. The summed E-state index contributed by atoms with van der Waals surface area (Å²) in [7, 11) is 3.29. The molecule has 0 saturated heterocycles. The summed E-state index contributed by atoms with van der Waals surface area (Å²) < 4.78 is 18.9. The van der Waals surface area contributed by atoms with E-state index in [9.17, 15) is 4.79 Å². The van der Waals surface area contributed by atoms with Crippen molar-refractivity contribution in [2.24, 2.45) is 7.05 Å². The number of esters is 1. The van der Waals surface area contributed by atoms with Crippen LogP contribution in [0.1, 0.15) is 44.4 Å². The molecule has 2 aromatic carbocycles. The fourth-order valence-electron chi connectivity index (χ4n) is 4.01. The number of rotatable bonds is 5. The summed E-state index contributed by atoms with van der Waals surface area (Å²) in [4.78, 5) is 12.8. The third kappa shape index (κ3) is 4.70. The number of methoxy groups -OCH3 is 1. The van der Waals surface area contributed by atoms with Gasteiger partial charge in [0.25, 0.3) is 0 Å². The van der Waals surface area contributed by atoms with Gasteiger partial charge in [-0.2, -0.15) is 5.10 Å². The molecule has 0 amide bonds. The molecule has 1 atom stereocenters. The van der Waals surface area contributed by atoms with Crippen molar-refractivity contribution in [1.82, 2.24) is 9.78 Å². The number of ether oxygens (including phenoxy) is 3. The zero-order valence-electron chi connectivity index (χ0n) is 19.3. The van der Waals surface area contributed by atoms with Crippen molar-refractivity contribution in [3.8, 4) is 28.0 Å². The lowest BCUT2D eigenvalue weighted by atomic mass is 9.90. The summed E-state index contributed by atoms with van der Waals surface area (Å²) in [6.45, 7) is 6.55. The molecule has 6 nitrogen and oxygen atoms in total. The van der Waals surface area contributed by atoms with Crippen LogP contribution in [0.25, 0.3) is 22.3 Å². The summed E-state index contributed by atoms with van der Waals surface area (Å²) in [6, 6.07) is 12.3. The van der Waals surface area contributed by atoms with Crippen LogP contribution < -0.4 is 4.74 Å². The Morgan fingerprint density at radius 1 is 1.12 bits per heavy atom. The molecule has 0 fully saturated rings. The lowest BCUT2D eigenvalue weighted by Gasteiger charge is -2.28. The third-order valence-corrected chi connectivity index (χ3v) is 5.48. The van der Waals surface area contributed by atoms with Gasteiger partial charge in [-0.25, -0.2) is 4.79 Å². The van der Waals surface area contributed by atoms with Crippen molar-refractivity contribution in [2.75, 3.05) is 13.7 Å². The molecule has 1 unspecified atom stereocenters. The van der Waals surface area contributed by atoms with Crippen molar-refractivity contribution in [2.45, 2.75) is 45.3 Å². The first-order valence-electron chi connectivity index (χ1n) is 10.9. The van der Waals surface area contributed by atoms with E-state index in [4.69, 9.17) is 14.2 Å². The smallest absolute Gasteiger partial charge is 0.339 e. The summed E-state index contributed by atoms with van der Waals surface area (Å²) in [5, 5.41) is 4.30. The molecule has 1 aliphatic heterocycles. The maximum Gasteiger partial charge on any atom is 0.339 e. The van der Waals surface area contributed by atoms with E-state index in [-0.39, 0.29) is 0 Å². The average Bonchev–Trinajstić information content (AvgIpc) is 3.22. The zero-order valence-corrected chi connectivity index (χ0v) is 19.3. The van der Waals surface area contributed by atoms with Crippen molar-refractivity contribution in [1.29, 1.82) is 0 Å². The second kappa shape index (κ2) is 8.79. The number of benzene rings is 2. The van der Waals surface area contributed by atoms with Crippen LogP contribution in [0, 0.1) is 0 Å². The molecule has 1 aromatic heterocycles. The van der Waals surface area contributed by atoms with Gasteiger partial charge in [-0.05, 0) is 79.6 Å². The van der Waals surface area contributed by atoms with E-state index in [1.165, 1.54) is 12.7 Å². The summed E-state index contributed by atoms with van der Waals surface area (Å²) in [5.74, 6) is 0.511. The first kappa shape index (κ1) is 22.1. The van der Waals surface area contributed by atoms with Crippen molar-refractivity contribution in [3.63, 3.8) is 0 Å². The van der Waals surface area contributed by atoms with Crippen LogP contribution in [-0.2, 0) is 27.7 Å². The fourth-order valence-corrected chi connectivity index (χ4v) is 4.01. The number of aromatic nitrogens is 2. The molecule has 3 aromatic rings. The fraction of sp³-hybridized carbons (Fsp3) is 0.385. The highest BCUT2D eigenvalue weighted by molar-refractivity contribution is 5.84. The van der Waals surface area contributed by atoms with E-state index in [0.717, 1.165) is 53.0 Å². The quantitative estimate of drug-likeness (QED) is 0.522. The summed E-state index contributed by atoms with van der Waals surface area (Å²) in [6.07, 6.45) is 4.94. The largest absolute Gasteiger partial charge is 0.493 e. The second-order valence-corrected chi connectivity index (χ2v) is 9.11. The number of fused-ring (bicyclic) bond motifs is 1. The molecule has 0 N–H and O–H groups in total. The number of nitrogens with zero attached hydrogens (tertiary/aromatic N) is 2. The van der Waals surface area contributed by atoms with Crippen LogP contribution in [0.15, 0.2) is 48.8 Å². The van der Waals surface area contributed by atoms with Crippen LogP contribution in [-0.4, -0.2) is 35.1 Å². The molecule has 1 aliphatic rings. The van der Waals surface area contributed by atoms with Crippen molar-refractivity contribution in [3.05, 3.63) is 59.9 Å². The minimum atomic E-state index is -0.842.